The Kier molecular flexibility index (Phi) is 4.52. The van der Waals surface area contributed by atoms with E-state index in [0.717, 1.165) is 12.1 Å². The van der Waals surface area contributed by atoms with Crippen LogP contribution in [0.5, 0.6) is 5.75 Å². The fourth-order valence-electron chi connectivity index (χ4n) is 1.38. The number of nitrogen functional groups attached to an aromatic ring is 1. The number of alkyl halides is 3. The molecule has 20 heavy (non-hydrogen) atoms. The van der Waals surface area contributed by atoms with E-state index in [9.17, 15) is 18.0 Å². The van der Waals surface area contributed by atoms with E-state index in [2.05, 4.69) is 0 Å². The first-order valence-corrected chi connectivity index (χ1v) is 5.80. The van der Waals surface area contributed by atoms with E-state index in [0.29, 0.717) is 0 Å². The summed E-state index contributed by atoms with van der Waals surface area (Å²) in [6.07, 6.45) is -4.57. The average molecular weight is 291 g/mol. The summed E-state index contributed by atoms with van der Waals surface area (Å²) >= 11 is 0. The number of hydrogen-bond acceptors (Lipinski definition) is 4. The smallest absolute Gasteiger partial charge is 0.418 e. The molecule has 1 aromatic rings. The van der Waals surface area contributed by atoms with Crippen molar-refractivity contribution in [2.75, 3.05) is 12.3 Å². The molecule has 0 bridgehead atoms. The normalized spacial score (nSPS) is 12.1. The molecule has 0 amide bonds. The Balaban J connectivity index is 2.73. The van der Waals surface area contributed by atoms with Crippen LogP contribution in [0.25, 0.3) is 0 Å². The first kappa shape index (κ1) is 16.1. The minimum atomic E-state index is -4.57. The number of anilines is 1. The molecule has 0 spiro atoms. The van der Waals surface area contributed by atoms with Crippen LogP contribution in [0.3, 0.4) is 0 Å². The lowest BCUT2D eigenvalue weighted by Gasteiger charge is -2.19. The van der Waals surface area contributed by atoms with E-state index < -0.39 is 35.6 Å². The Morgan fingerprint density at radius 1 is 1.25 bits per heavy atom. The molecule has 0 aliphatic rings. The van der Waals surface area contributed by atoms with E-state index in [4.69, 9.17) is 15.2 Å². The molecule has 7 heteroatoms. The summed E-state index contributed by atoms with van der Waals surface area (Å²) in [5.74, 6) is -0.764. The summed E-state index contributed by atoms with van der Waals surface area (Å²) in [5.41, 5.74) is 3.16. The Hall–Kier alpha value is -1.92. The molecule has 1 rings (SSSR count). The Bertz CT molecular complexity index is 493. The van der Waals surface area contributed by atoms with Crippen LogP contribution in [0.4, 0.5) is 18.9 Å². The number of carbonyl (C=O) groups is 1. The second-order valence-electron chi connectivity index (χ2n) is 5.12. The number of halogens is 3. The molecular weight excluding hydrogens is 275 g/mol. The second kappa shape index (κ2) is 5.60. The van der Waals surface area contributed by atoms with Crippen molar-refractivity contribution in [3.63, 3.8) is 0 Å². The number of carbonyl (C=O) groups excluding carboxylic acids is 1. The van der Waals surface area contributed by atoms with Crippen LogP contribution in [-0.2, 0) is 15.7 Å². The van der Waals surface area contributed by atoms with Gasteiger partial charge in [-0.3, -0.25) is 0 Å². The van der Waals surface area contributed by atoms with Crippen LogP contribution in [-0.4, -0.2) is 18.2 Å². The van der Waals surface area contributed by atoms with Crippen LogP contribution in [0.1, 0.15) is 26.3 Å². The van der Waals surface area contributed by atoms with Gasteiger partial charge in [-0.05, 0) is 39.0 Å². The quantitative estimate of drug-likeness (QED) is 0.687. The van der Waals surface area contributed by atoms with Crippen molar-refractivity contribution >= 4 is 11.7 Å². The van der Waals surface area contributed by atoms with Crippen LogP contribution in [0, 0.1) is 0 Å². The van der Waals surface area contributed by atoms with Gasteiger partial charge in [0, 0.05) is 5.69 Å². The summed E-state index contributed by atoms with van der Waals surface area (Å²) in [4.78, 5) is 11.4. The molecule has 0 aliphatic heterocycles. The predicted molar refractivity (Wildman–Crippen MR) is 67.2 cm³/mol. The van der Waals surface area contributed by atoms with Gasteiger partial charge in [0.05, 0.1) is 5.56 Å². The highest BCUT2D eigenvalue weighted by Crippen LogP contribution is 2.35. The molecule has 0 heterocycles. The molecule has 0 aromatic heterocycles. The van der Waals surface area contributed by atoms with Crippen LogP contribution in [0.15, 0.2) is 18.2 Å². The zero-order valence-electron chi connectivity index (χ0n) is 11.4. The molecule has 2 N–H and O–H groups in total. The number of nitrogens with two attached hydrogens (primary N) is 1. The maximum atomic E-state index is 12.6. The first-order chi connectivity index (χ1) is 8.99. The SMILES string of the molecule is CC(C)(C)OC(=O)COc1ccc(N)c(C(F)(F)F)c1. The largest absolute Gasteiger partial charge is 0.482 e. The molecule has 1 aromatic carbocycles. The van der Waals surface area contributed by atoms with Crippen LogP contribution < -0.4 is 10.5 Å². The van der Waals surface area contributed by atoms with Crippen molar-refractivity contribution in [1.82, 2.24) is 0 Å². The van der Waals surface area contributed by atoms with Gasteiger partial charge in [0.1, 0.15) is 11.4 Å². The highest BCUT2D eigenvalue weighted by atomic mass is 19.4. The highest BCUT2D eigenvalue weighted by Gasteiger charge is 2.33. The van der Waals surface area contributed by atoms with Crippen LogP contribution in [0.2, 0.25) is 0 Å². The molecule has 0 fully saturated rings. The molecule has 0 saturated carbocycles. The van der Waals surface area contributed by atoms with Gasteiger partial charge in [0.2, 0.25) is 0 Å². The summed E-state index contributed by atoms with van der Waals surface area (Å²) in [7, 11) is 0. The van der Waals surface area contributed by atoms with E-state index in [1.54, 1.807) is 20.8 Å². The van der Waals surface area contributed by atoms with Crippen molar-refractivity contribution in [2.45, 2.75) is 32.5 Å². The summed E-state index contributed by atoms with van der Waals surface area (Å²) in [5, 5.41) is 0. The van der Waals surface area contributed by atoms with E-state index in [1.165, 1.54) is 6.07 Å². The second-order valence-corrected chi connectivity index (χ2v) is 5.12. The Morgan fingerprint density at radius 3 is 2.35 bits per heavy atom. The zero-order valence-corrected chi connectivity index (χ0v) is 11.4. The minimum Gasteiger partial charge on any atom is -0.482 e. The number of esters is 1. The lowest BCUT2D eigenvalue weighted by molar-refractivity contribution is -0.157. The standard InChI is InChI=1S/C13H16F3NO3/c1-12(2,3)20-11(18)7-19-8-4-5-10(17)9(6-8)13(14,15)16/h4-6H,7,17H2,1-3H3. The number of hydrogen-bond donors (Lipinski definition) is 1. The van der Waals surface area contributed by atoms with E-state index in [-0.39, 0.29) is 5.75 Å². The zero-order chi connectivity index (χ0) is 15.6. The first-order valence-electron chi connectivity index (χ1n) is 5.80. The third kappa shape index (κ3) is 4.99. The fourth-order valence-corrected chi connectivity index (χ4v) is 1.38. The maximum Gasteiger partial charge on any atom is 0.418 e. The lowest BCUT2D eigenvalue weighted by atomic mass is 10.1. The van der Waals surface area contributed by atoms with Gasteiger partial charge >= 0.3 is 12.1 Å². The third-order valence-electron chi connectivity index (χ3n) is 2.11. The molecule has 4 nitrogen and oxygen atoms in total. The van der Waals surface area contributed by atoms with E-state index >= 15 is 0 Å². The fraction of sp³-hybridized carbons (Fsp3) is 0.462. The molecule has 0 atom stereocenters. The van der Waals surface area contributed by atoms with Gasteiger partial charge in [-0.25, -0.2) is 4.79 Å². The van der Waals surface area contributed by atoms with Gasteiger partial charge in [-0.1, -0.05) is 0 Å². The van der Waals surface area contributed by atoms with Gasteiger partial charge < -0.3 is 15.2 Å². The van der Waals surface area contributed by atoms with Gasteiger partial charge in [-0.2, -0.15) is 13.2 Å². The Labute approximate surface area is 114 Å². The van der Waals surface area contributed by atoms with Crippen molar-refractivity contribution < 1.29 is 27.4 Å². The molecule has 0 radical (unpaired) electrons. The molecule has 112 valence electrons. The molecule has 0 aliphatic carbocycles. The highest BCUT2D eigenvalue weighted by molar-refractivity contribution is 5.71. The van der Waals surface area contributed by atoms with Gasteiger partial charge in [0.15, 0.2) is 6.61 Å². The number of rotatable bonds is 3. The van der Waals surface area contributed by atoms with Gasteiger partial charge in [-0.15, -0.1) is 0 Å². The third-order valence-corrected chi connectivity index (χ3v) is 2.11. The predicted octanol–water partition coefficient (Wildman–Crippen LogP) is 3.01. The lowest BCUT2D eigenvalue weighted by Crippen LogP contribution is -2.27. The number of benzene rings is 1. The van der Waals surface area contributed by atoms with Crippen molar-refractivity contribution in [3.05, 3.63) is 23.8 Å². The summed E-state index contributed by atoms with van der Waals surface area (Å²) in [6.45, 7) is 4.56. The molecule has 0 unspecified atom stereocenters. The molecular formula is C13H16F3NO3. The van der Waals surface area contributed by atoms with Crippen LogP contribution >= 0.6 is 0 Å². The van der Waals surface area contributed by atoms with Gasteiger partial charge in [0.25, 0.3) is 0 Å². The Morgan fingerprint density at radius 2 is 1.85 bits per heavy atom. The summed E-state index contributed by atoms with van der Waals surface area (Å²) < 4.78 is 47.8. The van der Waals surface area contributed by atoms with Crippen molar-refractivity contribution in [2.24, 2.45) is 0 Å². The van der Waals surface area contributed by atoms with Crippen molar-refractivity contribution in [3.8, 4) is 5.75 Å². The minimum absolute atomic E-state index is 0.0996. The summed E-state index contributed by atoms with van der Waals surface area (Å²) in [6, 6.07) is 3.09. The topological polar surface area (TPSA) is 61.5 Å². The van der Waals surface area contributed by atoms with Crippen molar-refractivity contribution in [1.29, 1.82) is 0 Å². The number of ether oxygens (including phenoxy) is 2. The van der Waals surface area contributed by atoms with E-state index in [1.807, 2.05) is 0 Å². The average Bonchev–Trinajstić information content (AvgIpc) is 2.24. The molecule has 0 saturated heterocycles. The maximum absolute atomic E-state index is 12.6. The monoisotopic (exact) mass is 291 g/mol.